The number of benzene rings is 1. The Hall–Kier alpha value is -1.33. The van der Waals surface area contributed by atoms with Gasteiger partial charge < -0.3 is 0 Å². The number of aryl methyl sites for hydroxylation is 1. The standard InChI is InChI=1S/C15H18N2/c16-12-15(17-10-4-1-5-11-17)9-8-13-6-2-3-7-14(13)15/h2-3,6-7H,1,4-5,8-11H2. The summed E-state index contributed by atoms with van der Waals surface area (Å²) in [5.74, 6) is 0. The lowest BCUT2D eigenvalue weighted by atomic mass is 9.89. The Morgan fingerprint density at radius 1 is 1.12 bits per heavy atom. The van der Waals surface area contributed by atoms with Gasteiger partial charge in [0.2, 0.25) is 0 Å². The van der Waals surface area contributed by atoms with Crippen molar-refractivity contribution in [2.24, 2.45) is 0 Å². The average molecular weight is 226 g/mol. The first kappa shape index (κ1) is 10.8. The molecule has 0 radical (unpaired) electrons. The summed E-state index contributed by atoms with van der Waals surface area (Å²) >= 11 is 0. The quantitative estimate of drug-likeness (QED) is 0.736. The molecule has 0 aromatic heterocycles. The van der Waals surface area contributed by atoms with Crippen LogP contribution in [0.5, 0.6) is 0 Å². The van der Waals surface area contributed by atoms with Gasteiger partial charge in [0.15, 0.2) is 0 Å². The van der Waals surface area contributed by atoms with Gasteiger partial charge in [0.05, 0.1) is 6.07 Å². The van der Waals surface area contributed by atoms with Gasteiger partial charge in [-0.1, -0.05) is 30.7 Å². The lowest BCUT2D eigenvalue weighted by Gasteiger charge is -2.39. The van der Waals surface area contributed by atoms with Crippen molar-refractivity contribution in [1.82, 2.24) is 4.90 Å². The monoisotopic (exact) mass is 226 g/mol. The molecule has 0 spiro atoms. The lowest BCUT2D eigenvalue weighted by molar-refractivity contribution is 0.110. The van der Waals surface area contributed by atoms with Gasteiger partial charge in [-0.2, -0.15) is 5.26 Å². The van der Waals surface area contributed by atoms with Crippen LogP contribution >= 0.6 is 0 Å². The van der Waals surface area contributed by atoms with Gasteiger partial charge >= 0.3 is 0 Å². The summed E-state index contributed by atoms with van der Waals surface area (Å²) in [6.45, 7) is 2.17. The summed E-state index contributed by atoms with van der Waals surface area (Å²) in [5.41, 5.74) is 2.32. The van der Waals surface area contributed by atoms with Gasteiger partial charge in [0.25, 0.3) is 0 Å². The molecule has 1 aliphatic heterocycles. The van der Waals surface area contributed by atoms with Crippen molar-refractivity contribution in [3.63, 3.8) is 0 Å². The highest BCUT2D eigenvalue weighted by Gasteiger charge is 2.44. The second-order valence-electron chi connectivity index (χ2n) is 5.18. The second-order valence-corrected chi connectivity index (χ2v) is 5.18. The molecule has 1 saturated heterocycles. The summed E-state index contributed by atoms with van der Waals surface area (Å²) in [6, 6.07) is 11.1. The van der Waals surface area contributed by atoms with E-state index < -0.39 is 0 Å². The molecule has 1 unspecified atom stereocenters. The number of rotatable bonds is 1. The molecule has 3 rings (SSSR count). The molecular formula is C15H18N2. The van der Waals surface area contributed by atoms with Gasteiger partial charge in [0, 0.05) is 0 Å². The Balaban J connectivity index is 2.02. The molecule has 0 N–H and O–H groups in total. The van der Waals surface area contributed by atoms with E-state index in [2.05, 4.69) is 35.2 Å². The summed E-state index contributed by atoms with van der Waals surface area (Å²) in [6.07, 6.45) is 5.83. The van der Waals surface area contributed by atoms with Crippen molar-refractivity contribution in [1.29, 1.82) is 5.26 Å². The van der Waals surface area contributed by atoms with Crippen LogP contribution < -0.4 is 0 Å². The highest BCUT2D eigenvalue weighted by molar-refractivity contribution is 5.43. The van der Waals surface area contributed by atoms with Gasteiger partial charge in [-0.25, -0.2) is 0 Å². The van der Waals surface area contributed by atoms with Crippen LogP contribution in [0.2, 0.25) is 0 Å². The molecule has 2 nitrogen and oxygen atoms in total. The lowest BCUT2D eigenvalue weighted by Crippen LogP contribution is -2.46. The SMILES string of the molecule is N#CC1(N2CCCCC2)CCc2ccccc21. The van der Waals surface area contributed by atoms with E-state index in [1.807, 2.05) is 0 Å². The maximum Gasteiger partial charge on any atom is 0.135 e. The molecule has 2 aliphatic rings. The topological polar surface area (TPSA) is 27.0 Å². The van der Waals surface area contributed by atoms with E-state index in [9.17, 15) is 5.26 Å². The zero-order valence-electron chi connectivity index (χ0n) is 10.2. The molecule has 1 aromatic rings. The van der Waals surface area contributed by atoms with Gasteiger partial charge in [-0.3, -0.25) is 4.90 Å². The van der Waals surface area contributed by atoms with Crippen LogP contribution in [0, 0.1) is 11.3 Å². The van der Waals surface area contributed by atoms with Crippen molar-refractivity contribution in [2.45, 2.75) is 37.6 Å². The number of nitrogens with zero attached hydrogens (tertiary/aromatic N) is 2. The first-order valence-corrected chi connectivity index (χ1v) is 6.61. The van der Waals surface area contributed by atoms with E-state index >= 15 is 0 Å². The fourth-order valence-electron chi connectivity index (χ4n) is 3.38. The van der Waals surface area contributed by atoms with Crippen LogP contribution in [-0.2, 0) is 12.0 Å². The van der Waals surface area contributed by atoms with Crippen LogP contribution in [0.1, 0.15) is 36.8 Å². The normalized spacial score (nSPS) is 28.6. The predicted molar refractivity (Wildman–Crippen MR) is 67.5 cm³/mol. The first-order valence-electron chi connectivity index (χ1n) is 6.61. The second kappa shape index (κ2) is 4.16. The fourth-order valence-corrected chi connectivity index (χ4v) is 3.38. The molecule has 1 fully saturated rings. The van der Waals surface area contributed by atoms with Crippen molar-refractivity contribution in [3.8, 4) is 6.07 Å². The minimum Gasteiger partial charge on any atom is -0.282 e. The Morgan fingerprint density at radius 2 is 1.88 bits per heavy atom. The molecule has 0 bridgehead atoms. The number of piperidine rings is 1. The number of likely N-dealkylation sites (tertiary alicyclic amines) is 1. The highest BCUT2D eigenvalue weighted by atomic mass is 15.2. The maximum atomic E-state index is 9.72. The molecule has 17 heavy (non-hydrogen) atoms. The zero-order chi connectivity index (χ0) is 11.7. The molecule has 0 saturated carbocycles. The largest absolute Gasteiger partial charge is 0.282 e. The highest BCUT2D eigenvalue weighted by Crippen LogP contribution is 2.42. The minimum atomic E-state index is -0.322. The summed E-state index contributed by atoms with van der Waals surface area (Å²) in [5, 5.41) is 9.72. The van der Waals surface area contributed by atoms with E-state index in [1.54, 1.807) is 0 Å². The molecule has 1 heterocycles. The van der Waals surface area contributed by atoms with Gasteiger partial charge in [-0.05, 0) is 49.9 Å². The Morgan fingerprint density at radius 3 is 2.65 bits per heavy atom. The minimum absolute atomic E-state index is 0.322. The molecule has 0 amide bonds. The Labute approximate surface area is 103 Å². The smallest absolute Gasteiger partial charge is 0.135 e. The first-order chi connectivity index (χ1) is 8.37. The summed E-state index contributed by atoms with van der Waals surface area (Å²) in [7, 11) is 0. The van der Waals surface area contributed by atoms with E-state index in [-0.39, 0.29) is 5.54 Å². The maximum absolute atomic E-state index is 9.72. The number of hydrogen-bond acceptors (Lipinski definition) is 2. The summed E-state index contributed by atoms with van der Waals surface area (Å²) in [4.78, 5) is 2.42. The van der Waals surface area contributed by atoms with Crippen molar-refractivity contribution < 1.29 is 0 Å². The van der Waals surface area contributed by atoms with E-state index in [0.717, 1.165) is 25.9 Å². The van der Waals surface area contributed by atoms with E-state index in [1.165, 1.54) is 30.4 Å². The molecule has 1 aromatic carbocycles. The van der Waals surface area contributed by atoms with Gasteiger partial charge in [0.1, 0.15) is 5.54 Å². The van der Waals surface area contributed by atoms with Crippen molar-refractivity contribution >= 4 is 0 Å². The van der Waals surface area contributed by atoms with Crippen LogP contribution in [0.25, 0.3) is 0 Å². The van der Waals surface area contributed by atoms with Crippen molar-refractivity contribution in [3.05, 3.63) is 35.4 Å². The van der Waals surface area contributed by atoms with Crippen LogP contribution in [0.15, 0.2) is 24.3 Å². The number of nitriles is 1. The molecular weight excluding hydrogens is 208 g/mol. The fraction of sp³-hybridized carbons (Fsp3) is 0.533. The van der Waals surface area contributed by atoms with E-state index in [4.69, 9.17) is 0 Å². The van der Waals surface area contributed by atoms with Crippen LogP contribution in [-0.4, -0.2) is 18.0 Å². The van der Waals surface area contributed by atoms with Crippen LogP contribution in [0.4, 0.5) is 0 Å². The van der Waals surface area contributed by atoms with Crippen molar-refractivity contribution in [2.75, 3.05) is 13.1 Å². The average Bonchev–Trinajstić information content (AvgIpc) is 2.80. The number of fused-ring (bicyclic) bond motifs is 1. The van der Waals surface area contributed by atoms with E-state index in [0.29, 0.717) is 0 Å². The Bertz CT molecular complexity index is 454. The zero-order valence-corrected chi connectivity index (χ0v) is 10.2. The molecule has 1 atom stereocenters. The molecule has 88 valence electrons. The third kappa shape index (κ3) is 1.57. The predicted octanol–water partition coefficient (Wildman–Crippen LogP) is 2.84. The van der Waals surface area contributed by atoms with Gasteiger partial charge in [-0.15, -0.1) is 0 Å². The van der Waals surface area contributed by atoms with Crippen LogP contribution in [0.3, 0.4) is 0 Å². The third-order valence-corrected chi connectivity index (χ3v) is 4.30. The molecule has 1 aliphatic carbocycles. The number of hydrogen-bond donors (Lipinski definition) is 0. The Kier molecular flexibility index (Phi) is 2.64. The summed E-state index contributed by atoms with van der Waals surface area (Å²) < 4.78 is 0. The third-order valence-electron chi connectivity index (χ3n) is 4.30. The molecule has 2 heteroatoms.